The molecule has 0 bridgehead atoms. The van der Waals surface area contributed by atoms with Crippen molar-refractivity contribution in [1.82, 2.24) is 25.8 Å². The van der Waals surface area contributed by atoms with Crippen LogP contribution >= 0.6 is 0 Å². The number of hydrogen-bond donors (Lipinski definition) is 3. The minimum atomic E-state index is -1.35. The molecule has 2 aliphatic rings. The van der Waals surface area contributed by atoms with E-state index in [2.05, 4.69) is 20.9 Å². The van der Waals surface area contributed by atoms with Crippen LogP contribution in [0.5, 0.6) is 5.75 Å². The second-order valence-electron chi connectivity index (χ2n) is 11.4. The number of carbonyl (C=O) groups is 4. The fraction of sp³-hybridized carbons (Fsp3) is 0.367. The van der Waals surface area contributed by atoms with E-state index >= 15 is 0 Å². The normalized spacial score (nSPS) is 20.2. The first kappa shape index (κ1) is 27.9. The van der Waals surface area contributed by atoms with Gasteiger partial charge in [-0.15, -0.1) is 0 Å². The average Bonchev–Trinajstić information content (AvgIpc) is 3.43. The number of ether oxygens (including phenoxy) is 2. The predicted octanol–water partition coefficient (Wildman–Crippen LogP) is 3.30. The molecule has 3 aromatic rings. The number of carbonyl (C=O) groups excluding carboxylic acids is 4. The van der Waals surface area contributed by atoms with E-state index in [1.807, 2.05) is 37.3 Å². The van der Waals surface area contributed by atoms with Gasteiger partial charge in [0, 0.05) is 41.2 Å². The molecule has 3 N–H and O–H groups in total. The second kappa shape index (κ2) is 10.7. The van der Waals surface area contributed by atoms with E-state index in [0.29, 0.717) is 17.9 Å². The number of imide groups is 1. The SMILES string of the molecule is Cc1cc(COc2ccc(C(=O)NCC3CN(C(=O)OC(C)(C)C)CC34NC(=O)NC4=O)cc2)c2ccccc2n1. The lowest BCUT2D eigenvalue weighted by molar-refractivity contribution is -0.124. The van der Waals surface area contributed by atoms with Gasteiger partial charge in [-0.3, -0.25) is 19.9 Å². The summed E-state index contributed by atoms with van der Waals surface area (Å²) >= 11 is 0. The Bertz CT molecular complexity index is 1520. The van der Waals surface area contributed by atoms with Crippen molar-refractivity contribution < 1.29 is 28.7 Å². The summed E-state index contributed by atoms with van der Waals surface area (Å²) < 4.78 is 11.4. The van der Waals surface area contributed by atoms with E-state index in [0.717, 1.165) is 22.2 Å². The number of fused-ring (bicyclic) bond motifs is 1. The summed E-state index contributed by atoms with van der Waals surface area (Å²) in [4.78, 5) is 56.4. The van der Waals surface area contributed by atoms with Crippen molar-refractivity contribution >= 4 is 34.8 Å². The van der Waals surface area contributed by atoms with Gasteiger partial charge in [0.05, 0.1) is 12.1 Å². The molecule has 2 unspecified atom stereocenters. The maximum atomic E-state index is 13.0. The number of aryl methyl sites for hydroxylation is 1. The molecule has 11 nitrogen and oxygen atoms in total. The molecule has 2 aromatic carbocycles. The Morgan fingerprint density at radius 2 is 1.85 bits per heavy atom. The Hall–Kier alpha value is -4.67. The number of pyridine rings is 1. The maximum absolute atomic E-state index is 13.0. The number of likely N-dealkylation sites (tertiary alicyclic amines) is 1. The van der Waals surface area contributed by atoms with Crippen LogP contribution in [0.25, 0.3) is 10.9 Å². The minimum absolute atomic E-state index is 0.0541. The third kappa shape index (κ3) is 5.93. The molecule has 2 aliphatic heterocycles. The van der Waals surface area contributed by atoms with Crippen LogP contribution in [0.1, 0.15) is 42.4 Å². The van der Waals surface area contributed by atoms with E-state index in [1.54, 1.807) is 45.0 Å². The van der Waals surface area contributed by atoms with Crippen molar-refractivity contribution in [2.45, 2.75) is 45.4 Å². The van der Waals surface area contributed by atoms with Crippen molar-refractivity contribution in [3.05, 3.63) is 71.4 Å². The van der Waals surface area contributed by atoms with Crippen molar-refractivity contribution in [2.75, 3.05) is 19.6 Å². The van der Waals surface area contributed by atoms with Gasteiger partial charge < -0.3 is 25.0 Å². The van der Waals surface area contributed by atoms with Crippen LogP contribution in [0.15, 0.2) is 54.6 Å². The molecule has 0 radical (unpaired) electrons. The molecular formula is C30H33N5O6. The van der Waals surface area contributed by atoms with Crippen molar-refractivity contribution in [1.29, 1.82) is 0 Å². The average molecular weight is 560 g/mol. The number of hydrogen-bond acceptors (Lipinski definition) is 7. The molecule has 0 aliphatic carbocycles. The fourth-order valence-electron chi connectivity index (χ4n) is 5.22. The molecule has 1 spiro atoms. The largest absolute Gasteiger partial charge is 0.489 e. The first-order chi connectivity index (χ1) is 19.4. The maximum Gasteiger partial charge on any atom is 0.410 e. The molecule has 41 heavy (non-hydrogen) atoms. The highest BCUT2D eigenvalue weighted by Crippen LogP contribution is 2.31. The summed E-state index contributed by atoms with van der Waals surface area (Å²) in [6.07, 6.45) is -0.592. The summed E-state index contributed by atoms with van der Waals surface area (Å²) in [5.41, 5.74) is 1.16. The van der Waals surface area contributed by atoms with Crippen LogP contribution in [0.4, 0.5) is 9.59 Å². The van der Waals surface area contributed by atoms with Crippen LogP contribution < -0.4 is 20.7 Å². The summed E-state index contributed by atoms with van der Waals surface area (Å²) in [5, 5.41) is 8.79. The Labute approximate surface area is 237 Å². The van der Waals surface area contributed by atoms with E-state index in [1.165, 1.54) is 4.90 Å². The Balaban J connectivity index is 1.22. The number of nitrogens with zero attached hydrogens (tertiary/aromatic N) is 2. The zero-order valence-electron chi connectivity index (χ0n) is 23.4. The molecule has 0 saturated carbocycles. The molecule has 2 atom stereocenters. The van der Waals surface area contributed by atoms with E-state index < -0.39 is 35.1 Å². The highest BCUT2D eigenvalue weighted by molar-refractivity contribution is 6.08. The van der Waals surface area contributed by atoms with Gasteiger partial charge in [-0.05, 0) is 64.1 Å². The van der Waals surface area contributed by atoms with Gasteiger partial charge in [-0.1, -0.05) is 18.2 Å². The third-order valence-corrected chi connectivity index (χ3v) is 7.15. The topological polar surface area (TPSA) is 139 Å². The van der Waals surface area contributed by atoms with Gasteiger partial charge in [0.1, 0.15) is 23.5 Å². The van der Waals surface area contributed by atoms with Crippen LogP contribution in [0.2, 0.25) is 0 Å². The van der Waals surface area contributed by atoms with Crippen LogP contribution in [-0.4, -0.2) is 64.6 Å². The van der Waals surface area contributed by atoms with Gasteiger partial charge in [-0.2, -0.15) is 0 Å². The minimum Gasteiger partial charge on any atom is -0.489 e. The molecule has 11 heteroatoms. The molecule has 2 fully saturated rings. The second-order valence-corrected chi connectivity index (χ2v) is 11.4. The first-order valence-electron chi connectivity index (χ1n) is 13.4. The van der Waals surface area contributed by atoms with Gasteiger partial charge in [-0.25, -0.2) is 9.59 Å². The molecule has 5 amide bonds. The predicted molar refractivity (Wildman–Crippen MR) is 150 cm³/mol. The Morgan fingerprint density at radius 3 is 2.54 bits per heavy atom. The number of para-hydroxylation sites is 1. The fourth-order valence-corrected chi connectivity index (χ4v) is 5.22. The molecule has 2 saturated heterocycles. The number of urea groups is 1. The number of rotatable bonds is 6. The molecular weight excluding hydrogens is 526 g/mol. The van der Waals surface area contributed by atoms with Crippen molar-refractivity contribution in [3.63, 3.8) is 0 Å². The standard InChI is InChI=1S/C30H33N5O6/c1-18-13-20(23-7-5-6-8-24(23)32-18)16-40-22-11-9-19(10-12-22)25(36)31-14-21-15-35(28(39)41-29(2,3)4)17-30(21)26(37)33-27(38)34-30/h5-13,21H,14-17H2,1-4H3,(H,31,36)(H2,33,34,37,38). The molecule has 1 aromatic heterocycles. The number of aromatic nitrogens is 1. The first-order valence-corrected chi connectivity index (χ1v) is 13.4. The van der Waals surface area contributed by atoms with Crippen LogP contribution in [-0.2, 0) is 16.1 Å². The van der Waals surface area contributed by atoms with Crippen molar-refractivity contribution in [2.24, 2.45) is 5.92 Å². The lowest BCUT2D eigenvalue weighted by Crippen LogP contribution is -2.56. The number of nitrogens with one attached hydrogen (secondary N) is 3. The lowest BCUT2D eigenvalue weighted by Gasteiger charge is -2.27. The van der Waals surface area contributed by atoms with Gasteiger partial charge in [0.15, 0.2) is 0 Å². The Kier molecular flexibility index (Phi) is 7.29. The molecule has 5 rings (SSSR count). The highest BCUT2D eigenvalue weighted by Gasteiger charge is 2.58. The van der Waals surface area contributed by atoms with Crippen molar-refractivity contribution in [3.8, 4) is 5.75 Å². The van der Waals surface area contributed by atoms with Crippen LogP contribution in [0, 0.1) is 12.8 Å². The summed E-state index contributed by atoms with van der Waals surface area (Å²) in [7, 11) is 0. The number of amides is 5. The van der Waals surface area contributed by atoms with E-state index in [9.17, 15) is 19.2 Å². The summed E-state index contributed by atoms with van der Waals surface area (Å²) in [5.74, 6) is -0.853. The highest BCUT2D eigenvalue weighted by atomic mass is 16.6. The Morgan fingerprint density at radius 1 is 1.12 bits per heavy atom. The lowest BCUT2D eigenvalue weighted by atomic mass is 9.87. The molecule has 214 valence electrons. The van der Waals surface area contributed by atoms with Gasteiger partial charge in [0.2, 0.25) is 0 Å². The van der Waals surface area contributed by atoms with Gasteiger partial charge in [0.25, 0.3) is 11.8 Å². The van der Waals surface area contributed by atoms with Gasteiger partial charge >= 0.3 is 12.1 Å². The van der Waals surface area contributed by atoms with E-state index in [-0.39, 0.29) is 25.5 Å². The summed E-state index contributed by atoms with van der Waals surface area (Å²) in [6.45, 7) is 7.65. The smallest absolute Gasteiger partial charge is 0.410 e. The van der Waals surface area contributed by atoms with Crippen LogP contribution in [0.3, 0.4) is 0 Å². The summed E-state index contributed by atoms with van der Waals surface area (Å²) in [6, 6.07) is 16.0. The zero-order chi connectivity index (χ0) is 29.4. The molecule has 3 heterocycles. The zero-order valence-corrected chi connectivity index (χ0v) is 23.4. The monoisotopic (exact) mass is 559 g/mol. The van der Waals surface area contributed by atoms with E-state index in [4.69, 9.17) is 9.47 Å². The quantitative estimate of drug-likeness (QED) is 0.394. The third-order valence-electron chi connectivity index (χ3n) is 7.15. The number of benzene rings is 2.